The van der Waals surface area contributed by atoms with Crippen LogP contribution in [0.4, 0.5) is 10.5 Å². The smallest absolute Gasteiger partial charge is 0.412 e. The van der Waals surface area contributed by atoms with Crippen molar-refractivity contribution in [2.75, 3.05) is 5.32 Å². The molecule has 2 aromatic rings. The van der Waals surface area contributed by atoms with Gasteiger partial charge in [0.2, 0.25) is 5.76 Å². The quantitative estimate of drug-likeness (QED) is 0.639. The molecule has 1 saturated carbocycles. The number of hydrogen-bond acceptors (Lipinski definition) is 5. The molecule has 3 aliphatic carbocycles. The molecule has 1 amide bonds. The van der Waals surface area contributed by atoms with E-state index in [0.717, 1.165) is 27.9 Å². The van der Waals surface area contributed by atoms with E-state index in [9.17, 15) is 14.7 Å². The molecule has 1 unspecified atom stereocenters. The Kier molecular flexibility index (Phi) is 4.98. The van der Waals surface area contributed by atoms with E-state index in [1.807, 2.05) is 54.6 Å². The molecule has 3 aliphatic rings. The maximum atomic E-state index is 12.3. The summed E-state index contributed by atoms with van der Waals surface area (Å²) < 4.78 is 10.6. The number of carboxylic acid groups (broad SMARTS) is 1. The fourth-order valence-electron chi connectivity index (χ4n) is 3.91. The van der Waals surface area contributed by atoms with Crippen LogP contribution in [0.25, 0.3) is 0 Å². The van der Waals surface area contributed by atoms with Crippen LogP contribution in [0, 0.1) is 17.3 Å². The molecule has 0 radical (unpaired) electrons. The van der Waals surface area contributed by atoms with Gasteiger partial charge in [-0.05, 0) is 72.3 Å². The number of carbonyl (C=O) groups is 2. The molecular formula is C26H20N2O5. The molecule has 0 saturated heterocycles. The number of carbonyl (C=O) groups excluding carboxylic acids is 1. The Labute approximate surface area is 190 Å². The van der Waals surface area contributed by atoms with Gasteiger partial charge in [-0.1, -0.05) is 41.4 Å². The third kappa shape index (κ3) is 3.99. The first kappa shape index (κ1) is 20.6. The minimum Gasteiger partial charge on any atom is -0.481 e. The second-order valence-electron chi connectivity index (χ2n) is 8.19. The lowest BCUT2D eigenvalue weighted by Gasteiger charge is -2.13. The zero-order valence-electron chi connectivity index (χ0n) is 17.8. The monoisotopic (exact) mass is 440 g/mol. The van der Waals surface area contributed by atoms with Gasteiger partial charge in [0, 0.05) is 5.57 Å². The van der Waals surface area contributed by atoms with Crippen LogP contribution in [-0.2, 0) is 9.53 Å². The highest BCUT2D eigenvalue weighted by atomic mass is 16.6. The van der Waals surface area contributed by atoms with E-state index in [1.54, 1.807) is 6.92 Å². The zero-order valence-corrected chi connectivity index (χ0v) is 17.8. The lowest BCUT2D eigenvalue weighted by molar-refractivity contribution is -0.141. The minimum atomic E-state index is -0.766. The van der Waals surface area contributed by atoms with E-state index < -0.39 is 23.6 Å². The highest BCUT2D eigenvalue weighted by molar-refractivity contribution is 5.86. The van der Waals surface area contributed by atoms with Gasteiger partial charge < -0.3 is 14.4 Å². The second kappa shape index (κ2) is 7.99. The number of ether oxygens (including phenoxy) is 1. The lowest BCUT2D eigenvalue weighted by Crippen LogP contribution is -2.16. The first-order valence-electron chi connectivity index (χ1n) is 10.5. The highest BCUT2D eigenvalue weighted by Crippen LogP contribution is 2.55. The third-order valence-corrected chi connectivity index (χ3v) is 5.97. The molecule has 33 heavy (non-hydrogen) atoms. The van der Waals surface area contributed by atoms with Crippen LogP contribution in [0.15, 0.2) is 87.6 Å². The first-order valence-corrected chi connectivity index (χ1v) is 10.5. The molecule has 0 bridgehead atoms. The Bertz CT molecular complexity index is 1330. The van der Waals surface area contributed by atoms with E-state index in [1.165, 1.54) is 6.20 Å². The molecule has 1 heterocycles. The molecule has 1 fully saturated rings. The highest BCUT2D eigenvalue weighted by Gasteiger charge is 2.53. The molecule has 7 heteroatoms. The maximum Gasteiger partial charge on any atom is 0.412 e. The van der Waals surface area contributed by atoms with E-state index in [2.05, 4.69) is 22.3 Å². The van der Waals surface area contributed by atoms with Crippen molar-refractivity contribution in [3.8, 4) is 11.8 Å². The summed E-state index contributed by atoms with van der Waals surface area (Å²) in [5.41, 5.74) is 4.00. The minimum absolute atomic E-state index is 0.212. The number of nitrogens with one attached hydrogen (secondary N) is 1. The van der Waals surface area contributed by atoms with Crippen LogP contribution in [0.3, 0.4) is 0 Å². The number of carboxylic acids is 1. The summed E-state index contributed by atoms with van der Waals surface area (Å²) in [4.78, 5) is 23.8. The molecular weight excluding hydrogens is 420 g/mol. The molecule has 0 spiro atoms. The normalized spacial score (nSPS) is 18.0. The molecule has 1 aromatic carbocycles. The molecule has 7 nitrogen and oxygen atoms in total. The van der Waals surface area contributed by atoms with Gasteiger partial charge in [0.25, 0.3) is 0 Å². The number of anilines is 1. The van der Waals surface area contributed by atoms with E-state index in [4.69, 9.17) is 9.26 Å². The Morgan fingerprint density at radius 3 is 2.58 bits per heavy atom. The fraction of sp³-hybridized carbons (Fsp3) is 0.192. The van der Waals surface area contributed by atoms with Crippen LogP contribution < -0.4 is 5.32 Å². The second-order valence-corrected chi connectivity index (χ2v) is 8.19. The van der Waals surface area contributed by atoms with E-state index in [0.29, 0.717) is 18.5 Å². The molecule has 1 atom stereocenters. The first-order chi connectivity index (χ1) is 15.9. The van der Waals surface area contributed by atoms with Gasteiger partial charge in [-0.25, -0.2) is 4.79 Å². The summed E-state index contributed by atoms with van der Waals surface area (Å²) in [7, 11) is 0. The number of fused-ring (bicyclic) bond motifs is 1. The van der Waals surface area contributed by atoms with Crippen LogP contribution in [0.5, 0.6) is 0 Å². The van der Waals surface area contributed by atoms with Gasteiger partial charge in [0.15, 0.2) is 0 Å². The van der Waals surface area contributed by atoms with Crippen molar-refractivity contribution in [3.63, 3.8) is 0 Å². The van der Waals surface area contributed by atoms with Crippen molar-refractivity contribution in [3.05, 3.63) is 94.4 Å². The van der Waals surface area contributed by atoms with E-state index in [-0.39, 0.29) is 5.76 Å². The summed E-state index contributed by atoms with van der Waals surface area (Å²) in [6.07, 6.45) is 9.33. The SMILES string of the molecule is CC(OC(=O)Nc1cnoc1C#CC1=CC2=CC(C3(C(=O)O)CC3)=CC2=C1)c1ccccc1. The number of amides is 1. The Morgan fingerprint density at radius 2 is 1.88 bits per heavy atom. The predicted molar refractivity (Wildman–Crippen MR) is 120 cm³/mol. The van der Waals surface area contributed by atoms with Crippen molar-refractivity contribution in [1.29, 1.82) is 0 Å². The van der Waals surface area contributed by atoms with Crippen molar-refractivity contribution in [2.24, 2.45) is 5.41 Å². The number of nitrogens with zero attached hydrogens (tertiary/aromatic N) is 1. The molecule has 1 aromatic heterocycles. The standard InChI is InChI=1S/C26H20N2O5/c1-16(18-5-3-2-4-6-18)32-25(31)28-22-15-27-33-23(22)8-7-17-11-19-13-21(14-20(19)12-17)26(9-10-26)24(29)30/h2-6,11-16H,9-10H2,1H3,(H,28,31)(H,29,30). The van der Waals surface area contributed by atoms with Crippen LogP contribution in [0.1, 0.15) is 37.2 Å². The molecule has 164 valence electrons. The average molecular weight is 440 g/mol. The predicted octanol–water partition coefficient (Wildman–Crippen LogP) is 4.93. The summed E-state index contributed by atoms with van der Waals surface area (Å²) in [6.45, 7) is 1.79. The Hall–Kier alpha value is -4.31. The lowest BCUT2D eigenvalue weighted by atomic mass is 9.96. The summed E-state index contributed by atoms with van der Waals surface area (Å²) in [5.74, 6) is 5.34. The number of allylic oxidation sites excluding steroid dienone is 7. The van der Waals surface area contributed by atoms with Gasteiger partial charge in [-0.3, -0.25) is 10.1 Å². The summed E-state index contributed by atoms with van der Waals surface area (Å²) in [6, 6.07) is 9.42. The van der Waals surface area contributed by atoms with Gasteiger partial charge >= 0.3 is 12.1 Å². The van der Waals surface area contributed by atoms with Crippen molar-refractivity contribution in [1.82, 2.24) is 5.16 Å². The Morgan fingerprint density at radius 1 is 1.12 bits per heavy atom. The summed E-state index contributed by atoms with van der Waals surface area (Å²) in [5, 5.41) is 15.8. The average Bonchev–Trinajstić information content (AvgIpc) is 3.12. The topological polar surface area (TPSA) is 102 Å². The van der Waals surface area contributed by atoms with Crippen LogP contribution >= 0.6 is 0 Å². The Balaban J connectivity index is 1.24. The van der Waals surface area contributed by atoms with E-state index >= 15 is 0 Å². The molecule has 2 N–H and O–H groups in total. The third-order valence-electron chi connectivity index (χ3n) is 5.97. The van der Waals surface area contributed by atoms with Gasteiger partial charge in [0.05, 0.1) is 11.6 Å². The van der Waals surface area contributed by atoms with Crippen molar-refractivity contribution < 1.29 is 24.0 Å². The van der Waals surface area contributed by atoms with Crippen molar-refractivity contribution >= 4 is 17.7 Å². The number of aromatic nitrogens is 1. The number of aliphatic carboxylic acids is 1. The molecule has 5 rings (SSSR count). The zero-order chi connectivity index (χ0) is 23.0. The van der Waals surface area contributed by atoms with Crippen LogP contribution in [-0.4, -0.2) is 22.3 Å². The summed E-state index contributed by atoms with van der Waals surface area (Å²) >= 11 is 0. The fourth-order valence-corrected chi connectivity index (χ4v) is 3.91. The van der Waals surface area contributed by atoms with Gasteiger partial charge in [-0.2, -0.15) is 0 Å². The number of hydrogen-bond donors (Lipinski definition) is 2. The molecule has 0 aliphatic heterocycles. The van der Waals surface area contributed by atoms with Gasteiger partial charge in [-0.15, -0.1) is 0 Å². The maximum absolute atomic E-state index is 12.3. The van der Waals surface area contributed by atoms with Crippen molar-refractivity contribution in [2.45, 2.75) is 25.9 Å². The number of rotatable bonds is 5. The largest absolute Gasteiger partial charge is 0.481 e. The number of benzene rings is 1. The van der Waals surface area contributed by atoms with Gasteiger partial charge in [0.1, 0.15) is 11.8 Å². The van der Waals surface area contributed by atoms with Crippen LogP contribution in [0.2, 0.25) is 0 Å².